The number of carboxylic acids is 1. The minimum atomic E-state index is -1.04. The Morgan fingerprint density at radius 1 is 1.14 bits per heavy atom. The van der Waals surface area contributed by atoms with Gasteiger partial charge in [-0.15, -0.1) is 10.2 Å². The molecule has 21 heavy (non-hydrogen) atoms. The van der Waals surface area contributed by atoms with Gasteiger partial charge in [0, 0.05) is 12.7 Å². The minimum Gasteiger partial charge on any atom is -0.478 e. The Morgan fingerprint density at radius 2 is 1.76 bits per heavy atom. The molecule has 2 aromatic rings. The molecule has 1 amide bonds. The lowest BCUT2D eigenvalue weighted by molar-refractivity contribution is 0.0696. The number of benzene rings is 1. The SMILES string of the molecule is CN(C(=O)c1cc(Cl)nnc1Cl)c1ccc(C(=O)O)cc1. The van der Waals surface area contributed by atoms with Crippen LogP contribution >= 0.6 is 23.2 Å². The lowest BCUT2D eigenvalue weighted by atomic mass is 10.2. The van der Waals surface area contributed by atoms with E-state index in [4.69, 9.17) is 28.3 Å². The van der Waals surface area contributed by atoms with Crippen molar-refractivity contribution < 1.29 is 14.7 Å². The number of carboxylic acid groups (broad SMARTS) is 1. The molecule has 0 saturated carbocycles. The maximum Gasteiger partial charge on any atom is 0.335 e. The van der Waals surface area contributed by atoms with Crippen LogP contribution in [0, 0.1) is 0 Å². The van der Waals surface area contributed by atoms with Crippen molar-refractivity contribution in [2.75, 3.05) is 11.9 Å². The summed E-state index contributed by atoms with van der Waals surface area (Å²) in [5.41, 5.74) is 0.752. The smallest absolute Gasteiger partial charge is 0.335 e. The molecule has 0 spiro atoms. The Bertz CT molecular complexity index is 704. The van der Waals surface area contributed by atoms with Crippen molar-refractivity contribution in [3.63, 3.8) is 0 Å². The Kier molecular flexibility index (Phi) is 4.40. The molecule has 0 unspecified atom stereocenters. The largest absolute Gasteiger partial charge is 0.478 e. The Morgan fingerprint density at radius 3 is 2.33 bits per heavy atom. The molecule has 6 nitrogen and oxygen atoms in total. The van der Waals surface area contributed by atoms with E-state index in [2.05, 4.69) is 10.2 Å². The Labute approximate surface area is 129 Å². The average molecular weight is 326 g/mol. The fourth-order valence-electron chi connectivity index (χ4n) is 1.63. The number of halogens is 2. The van der Waals surface area contributed by atoms with Gasteiger partial charge in [0.05, 0.1) is 11.1 Å². The number of hydrogen-bond acceptors (Lipinski definition) is 4. The summed E-state index contributed by atoms with van der Waals surface area (Å²) in [5, 5.41) is 15.9. The summed E-state index contributed by atoms with van der Waals surface area (Å²) in [6.45, 7) is 0. The van der Waals surface area contributed by atoms with E-state index in [1.165, 1.54) is 42.3 Å². The van der Waals surface area contributed by atoms with Gasteiger partial charge in [-0.25, -0.2) is 4.79 Å². The molecule has 108 valence electrons. The van der Waals surface area contributed by atoms with Gasteiger partial charge in [0.15, 0.2) is 10.3 Å². The second-order valence-electron chi connectivity index (χ2n) is 4.09. The van der Waals surface area contributed by atoms with E-state index in [1.54, 1.807) is 0 Å². The fraction of sp³-hybridized carbons (Fsp3) is 0.0769. The summed E-state index contributed by atoms with van der Waals surface area (Å²) in [4.78, 5) is 24.4. The molecule has 8 heteroatoms. The number of aromatic carboxylic acids is 1. The summed E-state index contributed by atoms with van der Waals surface area (Å²) >= 11 is 11.5. The van der Waals surface area contributed by atoms with E-state index in [1.807, 2.05) is 0 Å². The van der Waals surface area contributed by atoms with Crippen molar-refractivity contribution in [2.24, 2.45) is 0 Å². The van der Waals surface area contributed by atoms with Crippen molar-refractivity contribution in [1.82, 2.24) is 10.2 Å². The quantitative estimate of drug-likeness (QED) is 0.938. The van der Waals surface area contributed by atoms with E-state index >= 15 is 0 Å². The third-order valence-corrected chi connectivity index (χ3v) is 3.22. The highest BCUT2D eigenvalue weighted by atomic mass is 35.5. The number of hydrogen-bond donors (Lipinski definition) is 1. The van der Waals surface area contributed by atoms with Gasteiger partial charge in [0.2, 0.25) is 0 Å². The Balaban J connectivity index is 2.30. The number of anilines is 1. The van der Waals surface area contributed by atoms with Crippen molar-refractivity contribution in [3.05, 3.63) is 51.8 Å². The van der Waals surface area contributed by atoms with Crippen LogP contribution in [0.1, 0.15) is 20.7 Å². The molecule has 0 aliphatic carbocycles. The fourth-order valence-corrected chi connectivity index (χ4v) is 1.95. The zero-order chi connectivity index (χ0) is 15.6. The molecule has 1 heterocycles. The first-order valence-corrected chi connectivity index (χ1v) is 6.46. The monoisotopic (exact) mass is 325 g/mol. The van der Waals surface area contributed by atoms with E-state index in [9.17, 15) is 9.59 Å². The van der Waals surface area contributed by atoms with Crippen LogP contribution in [0.5, 0.6) is 0 Å². The summed E-state index contributed by atoms with van der Waals surface area (Å²) in [6, 6.07) is 7.17. The molecule has 0 fully saturated rings. The minimum absolute atomic E-state index is 0.0531. The normalized spacial score (nSPS) is 10.2. The molecule has 0 aliphatic heterocycles. The first-order valence-electron chi connectivity index (χ1n) is 5.70. The van der Waals surface area contributed by atoms with Crippen LogP contribution in [0.15, 0.2) is 30.3 Å². The predicted octanol–water partition coefficient (Wildman–Crippen LogP) is 2.76. The zero-order valence-electron chi connectivity index (χ0n) is 10.7. The van der Waals surface area contributed by atoms with Gasteiger partial charge < -0.3 is 10.0 Å². The molecule has 0 bridgehead atoms. The molecule has 0 radical (unpaired) electrons. The van der Waals surface area contributed by atoms with E-state index < -0.39 is 11.9 Å². The Hall–Kier alpha value is -2.18. The molecule has 2 rings (SSSR count). The molecule has 0 atom stereocenters. The van der Waals surface area contributed by atoms with Gasteiger partial charge in [0.1, 0.15) is 0 Å². The number of nitrogens with zero attached hydrogens (tertiary/aromatic N) is 3. The van der Waals surface area contributed by atoms with Gasteiger partial charge in [-0.1, -0.05) is 23.2 Å². The highest BCUT2D eigenvalue weighted by Gasteiger charge is 2.19. The lowest BCUT2D eigenvalue weighted by Gasteiger charge is -2.17. The number of amides is 1. The zero-order valence-corrected chi connectivity index (χ0v) is 12.3. The standard InChI is InChI=1S/C13H9Cl2N3O3/c1-18(8-4-2-7(3-5-8)13(20)21)12(19)9-6-10(14)16-17-11(9)15/h2-6H,1H3,(H,20,21). The predicted molar refractivity (Wildman–Crippen MR) is 78.2 cm³/mol. The van der Waals surface area contributed by atoms with Crippen LogP contribution in [0.4, 0.5) is 5.69 Å². The maximum absolute atomic E-state index is 12.3. The molecular weight excluding hydrogens is 317 g/mol. The summed E-state index contributed by atoms with van der Waals surface area (Å²) in [7, 11) is 1.53. The van der Waals surface area contributed by atoms with Gasteiger partial charge in [-0.3, -0.25) is 4.79 Å². The van der Waals surface area contributed by atoms with E-state index in [0.717, 1.165) is 0 Å². The second-order valence-corrected chi connectivity index (χ2v) is 4.83. The molecule has 1 aromatic carbocycles. The van der Waals surface area contributed by atoms with Crippen LogP contribution in [0.25, 0.3) is 0 Å². The van der Waals surface area contributed by atoms with Gasteiger partial charge in [-0.2, -0.15) is 0 Å². The van der Waals surface area contributed by atoms with Crippen molar-refractivity contribution in [3.8, 4) is 0 Å². The number of carbonyl (C=O) groups is 2. The third kappa shape index (κ3) is 3.29. The highest BCUT2D eigenvalue weighted by Crippen LogP contribution is 2.21. The van der Waals surface area contributed by atoms with Crippen LogP contribution in [-0.2, 0) is 0 Å². The summed E-state index contributed by atoms with van der Waals surface area (Å²) in [6.07, 6.45) is 0. The van der Waals surface area contributed by atoms with Crippen molar-refractivity contribution in [2.45, 2.75) is 0 Å². The molecular formula is C13H9Cl2N3O3. The van der Waals surface area contributed by atoms with E-state index in [-0.39, 0.29) is 21.4 Å². The van der Waals surface area contributed by atoms with E-state index in [0.29, 0.717) is 5.69 Å². The third-order valence-electron chi connectivity index (χ3n) is 2.76. The lowest BCUT2D eigenvalue weighted by Crippen LogP contribution is -2.26. The molecule has 0 aliphatic rings. The first kappa shape index (κ1) is 15.2. The van der Waals surface area contributed by atoms with Crippen molar-refractivity contribution >= 4 is 40.8 Å². The maximum atomic E-state index is 12.3. The molecule has 1 aromatic heterocycles. The topological polar surface area (TPSA) is 83.4 Å². The van der Waals surface area contributed by atoms with Crippen LogP contribution in [-0.4, -0.2) is 34.2 Å². The summed E-state index contributed by atoms with van der Waals surface area (Å²) in [5.74, 6) is -1.47. The molecule has 0 saturated heterocycles. The van der Waals surface area contributed by atoms with Crippen LogP contribution in [0.2, 0.25) is 10.3 Å². The number of aromatic nitrogens is 2. The van der Waals surface area contributed by atoms with Crippen molar-refractivity contribution in [1.29, 1.82) is 0 Å². The van der Waals surface area contributed by atoms with Crippen LogP contribution in [0.3, 0.4) is 0 Å². The van der Waals surface area contributed by atoms with Gasteiger partial charge in [-0.05, 0) is 30.3 Å². The average Bonchev–Trinajstić information content (AvgIpc) is 2.48. The highest BCUT2D eigenvalue weighted by molar-refractivity contribution is 6.34. The summed E-state index contributed by atoms with van der Waals surface area (Å²) < 4.78 is 0. The second kappa shape index (κ2) is 6.07. The van der Waals surface area contributed by atoms with Gasteiger partial charge >= 0.3 is 5.97 Å². The number of rotatable bonds is 3. The van der Waals surface area contributed by atoms with Gasteiger partial charge in [0.25, 0.3) is 5.91 Å². The van der Waals surface area contributed by atoms with Crippen LogP contribution < -0.4 is 4.90 Å². The number of carbonyl (C=O) groups excluding carboxylic acids is 1. The first-order chi connectivity index (χ1) is 9.90. The molecule has 1 N–H and O–H groups in total.